The van der Waals surface area contributed by atoms with Crippen molar-refractivity contribution in [3.8, 4) is 5.75 Å². The van der Waals surface area contributed by atoms with Crippen molar-refractivity contribution in [2.75, 3.05) is 20.2 Å². The fourth-order valence-corrected chi connectivity index (χ4v) is 3.04. The Balaban J connectivity index is 2.28. The number of hydrogen-bond donors (Lipinski definition) is 1. The van der Waals surface area contributed by atoms with Crippen LogP contribution in [0.3, 0.4) is 0 Å². The first-order valence-corrected chi connectivity index (χ1v) is 7.18. The molecule has 1 fully saturated rings. The largest absolute Gasteiger partial charge is 0.496 e. The van der Waals surface area contributed by atoms with Crippen molar-refractivity contribution in [2.24, 2.45) is 5.92 Å². The molecule has 0 radical (unpaired) electrons. The van der Waals surface area contributed by atoms with Gasteiger partial charge in [0.15, 0.2) is 0 Å². The predicted octanol–water partition coefficient (Wildman–Crippen LogP) is 3.50. The highest BCUT2D eigenvalue weighted by Crippen LogP contribution is 2.33. The van der Waals surface area contributed by atoms with Gasteiger partial charge in [-0.1, -0.05) is 13.8 Å². The van der Waals surface area contributed by atoms with Gasteiger partial charge >= 0.3 is 0 Å². The molecule has 3 heteroatoms. The van der Waals surface area contributed by atoms with Crippen LogP contribution in [-0.4, -0.2) is 20.2 Å². The average molecular weight is 265 g/mol. The molecule has 0 aliphatic carbocycles. The van der Waals surface area contributed by atoms with Crippen LogP contribution < -0.4 is 10.1 Å². The van der Waals surface area contributed by atoms with Crippen LogP contribution in [0.15, 0.2) is 12.1 Å². The Hall–Kier alpha value is -1.09. The average Bonchev–Trinajstić information content (AvgIpc) is 2.38. The molecule has 1 aliphatic heterocycles. The van der Waals surface area contributed by atoms with E-state index < -0.39 is 0 Å². The molecule has 19 heavy (non-hydrogen) atoms. The number of rotatable bonds is 4. The standard InChI is InChI=1S/C16H24FNO/c1-11(2)16-13(8-12-4-6-18-7-5-12)9-14(17)10-15(16)19-3/h9-12,18H,4-8H2,1-3H3. The maximum atomic E-state index is 13.7. The third-order valence-corrected chi connectivity index (χ3v) is 3.96. The summed E-state index contributed by atoms with van der Waals surface area (Å²) in [5.41, 5.74) is 2.29. The maximum absolute atomic E-state index is 13.7. The molecule has 0 bridgehead atoms. The summed E-state index contributed by atoms with van der Waals surface area (Å²) in [7, 11) is 1.62. The smallest absolute Gasteiger partial charge is 0.127 e. The molecule has 1 N–H and O–H groups in total. The van der Waals surface area contributed by atoms with Crippen molar-refractivity contribution < 1.29 is 9.13 Å². The van der Waals surface area contributed by atoms with Gasteiger partial charge in [-0.2, -0.15) is 0 Å². The van der Waals surface area contributed by atoms with Gasteiger partial charge < -0.3 is 10.1 Å². The van der Waals surface area contributed by atoms with Crippen LogP contribution in [0.4, 0.5) is 4.39 Å². The van der Waals surface area contributed by atoms with Gasteiger partial charge in [0.2, 0.25) is 0 Å². The van der Waals surface area contributed by atoms with Crippen LogP contribution in [0.25, 0.3) is 0 Å². The molecule has 0 spiro atoms. The van der Waals surface area contributed by atoms with Gasteiger partial charge in [0.1, 0.15) is 11.6 Å². The molecule has 1 aromatic rings. The van der Waals surface area contributed by atoms with E-state index in [2.05, 4.69) is 19.2 Å². The molecule has 0 saturated carbocycles. The van der Waals surface area contributed by atoms with E-state index in [4.69, 9.17) is 4.74 Å². The van der Waals surface area contributed by atoms with Gasteiger partial charge in [-0.25, -0.2) is 4.39 Å². The van der Waals surface area contributed by atoms with E-state index in [9.17, 15) is 4.39 Å². The molecule has 106 valence electrons. The first kappa shape index (κ1) is 14.3. The molecule has 0 unspecified atom stereocenters. The summed E-state index contributed by atoms with van der Waals surface area (Å²) < 4.78 is 19.1. The number of hydrogen-bond acceptors (Lipinski definition) is 2. The zero-order valence-corrected chi connectivity index (χ0v) is 12.1. The summed E-state index contributed by atoms with van der Waals surface area (Å²) >= 11 is 0. The molecule has 1 aromatic carbocycles. The Morgan fingerprint density at radius 2 is 2.00 bits per heavy atom. The Morgan fingerprint density at radius 3 is 2.58 bits per heavy atom. The minimum absolute atomic E-state index is 0.190. The summed E-state index contributed by atoms with van der Waals surface area (Å²) in [5.74, 6) is 1.52. The summed E-state index contributed by atoms with van der Waals surface area (Å²) in [6, 6.07) is 3.20. The summed E-state index contributed by atoms with van der Waals surface area (Å²) in [5, 5.41) is 3.37. The Kier molecular flexibility index (Phi) is 4.81. The van der Waals surface area contributed by atoms with Crippen molar-refractivity contribution in [3.05, 3.63) is 29.1 Å². The number of ether oxygens (including phenoxy) is 1. The van der Waals surface area contributed by atoms with E-state index in [1.807, 2.05) is 0 Å². The monoisotopic (exact) mass is 265 g/mol. The maximum Gasteiger partial charge on any atom is 0.127 e. The van der Waals surface area contributed by atoms with E-state index in [0.29, 0.717) is 17.6 Å². The molecule has 2 rings (SSSR count). The second-order valence-electron chi connectivity index (χ2n) is 5.73. The highest BCUT2D eigenvalue weighted by atomic mass is 19.1. The predicted molar refractivity (Wildman–Crippen MR) is 76.3 cm³/mol. The first-order chi connectivity index (χ1) is 9.11. The van der Waals surface area contributed by atoms with Crippen LogP contribution in [0.1, 0.15) is 43.7 Å². The number of piperidine rings is 1. The van der Waals surface area contributed by atoms with Crippen molar-refractivity contribution in [1.82, 2.24) is 5.32 Å². The third-order valence-electron chi connectivity index (χ3n) is 3.96. The summed E-state index contributed by atoms with van der Waals surface area (Å²) in [6.45, 7) is 6.44. The van der Waals surface area contributed by atoms with Crippen molar-refractivity contribution in [3.63, 3.8) is 0 Å². The quantitative estimate of drug-likeness (QED) is 0.899. The lowest BCUT2D eigenvalue weighted by Gasteiger charge is -2.25. The van der Waals surface area contributed by atoms with Gasteiger partial charge in [-0.05, 0) is 55.8 Å². The molecule has 1 saturated heterocycles. The Morgan fingerprint density at radius 1 is 1.32 bits per heavy atom. The number of methoxy groups -OCH3 is 1. The SMILES string of the molecule is COc1cc(F)cc(CC2CCNCC2)c1C(C)C. The van der Waals surface area contributed by atoms with Gasteiger partial charge in [0.25, 0.3) is 0 Å². The van der Waals surface area contributed by atoms with Gasteiger partial charge in [0.05, 0.1) is 7.11 Å². The fourth-order valence-electron chi connectivity index (χ4n) is 3.04. The highest BCUT2D eigenvalue weighted by Gasteiger charge is 2.20. The van der Waals surface area contributed by atoms with Crippen LogP contribution in [-0.2, 0) is 6.42 Å². The van der Waals surface area contributed by atoms with E-state index in [1.54, 1.807) is 13.2 Å². The van der Waals surface area contributed by atoms with Crippen LogP contribution in [0.5, 0.6) is 5.75 Å². The Labute approximate surface area is 115 Å². The number of halogens is 1. The van der Waals surface area contributed by atoms with Gasteiger partial charge in [-0.3, -0.25) is 0 Å². The van der Waals surface area contributed by atoms with Crippen molar-refractivity contribution >= 4 is 0 Å². The van der Waals surface area contributed by atoms with E-state index >= 15 is 0 Å². The minimum Gasteiger partial charge on any atom is -0.496 e. The number of nitrogens with one attached hydrogen (secondary N) is 1. The second kappa shape index (κ2) is 6.38. The lowest BCUT2D eigenvalue weighted by atomic mass is 9.86. The molecule has 1 aliphatic rings. The molecular weight excluding hydrogens is 241 g/mol. The molecule has 2 nitrogen and oxygen atoms in total. The first-order valence-electron chi connectivity index (χ1n) is 7.18. The molecular formula is C16H24FNO. The van der Waals surface area contributed by atoms with E-state index in [0.717, 1.165) is 25.1 Å². The van der Waals surface area contributed by atoms with Crippen LogP contribution >= 0.6 is 0 Å². The van der Waals surface area contributed by atoms with Gasteiger partial charge in [-0.15, -0.1) is 0 Å². The lowest BCUT2D eigenvalue weighted by Crippen LogP contribution is -2.29. The fraction of sp³-hybridized carbons (Fsp3) is 0.625. The van der Waals surface area contributed by atoms with Crippen molar-refractivity contribution in [2.45, 2.75) is 39.0 Å². The highest BCUT2D eigenvalue weighted by molar-refractivity contribution is 5.43. The second-order valence-corrected chi connectivity index (χ2v) is 5.73. The van der Waals surface area contributed by atoms with E-state index in [-0.39, 0.29) is 5.82 Å². The molecule has 1 heterocycles. The third kappa shape index (κ3) is 3.47. The molecule has 0 aromatic heterocycles. The van der Waals surface area contributed by atoms with E-state index in [1.165, 1.54) is 24.5 Å². The van der Waals surface area contributed by atoms with Gasteiger partial charge in [0, 0.05) is 11.6 Å². The Bertz CT molecular complexity index is 425. The summed E-state index contributed by atoms with van der Waals surface area (Å²) in [4.78, 5) is 0. The normalized spacial score (nSPS) is 16.9. The lowest BCUT2D eigenvalue weighted by molar-refractivity contribution is 0.368. The van der Waals surface area contributed by atoms with Crippen LogP contribution in [0.2, 0.25) is 0 Å². The summed E-state index contributed by atoms with van der Waals surface area (Å²) in [6.07, 6.45) is 3.32. The van der Waals surface area contributed by atoms with Crippen LogP contribution in [0, 0.1) is 11.7 Å². The zero-order chi connectivity index (χ0) is 13.8. The van der Waals surface area contributed by atoms with Crippen molar-refractivity contribution in [1.29, 1.82) is 0 Å². The molecule has 0 amide bonds. The zero-order valence-electron chi connectivity index (χ0n) is 12.1. The minimum atomic E-state index is -0.190. The molecule has 0 atom stereocenters. The number of benzene rings is 1. The topological polar surface area (TPSA) is 21.3 Å².